The van der Waals surface area contributed by atoms with Gasteiger partial charge in [-0.1, -0.05) is 30.0 Å². The second-order valence-electron chi connectivity index (χ2n) is 5.79. The third-order valence-electron chi connectivity index (χ3n) is 4.25. The van der Waals surface area contributed by atoms with Gasteiger partial charge in [-0.2, -0.15) is 0 Å². The Morgan fingerprint density at radius 3 is 2.92 bits per heavy atom. The van der Waals surface area contributed by atoms with Crippen LogP contribution in [0.4, 0.5) is 0 Å². The summed E-state index contributed by atoms with van der Waals surface area (Å²) in [6.45, 7) is 3.91. The normalized spacial score (nSPS) is 11.4. The Hall–Kier alpha value is -2.38. The number of nitrogens with one attached hydrogen (secondary N) is 2. The van der Waals surface area contributed by atoms with Crippen LogP contribution in [-0.4, -0.2) is 26.5 Å². The summed E-state index contributed by atoms with van der Waals surface area (Å²) in [7, 11) is 0. The molecule has 4 aromatic rings. The zero-order valence-corrected chi connectivity index (χ0v) is 15.3. The second kappa shape index (κ2) is 6.16. The molecule has 0 aliphatic carbocycles. The number of nitrogens with zero attached hydrogens (tertiary/aromatic N) is 1. The average Bonchev–Trinajstić information content (AvgIpc) is 3.14. The number of hydrogen-bond acceptors (Lipinski definition) is 5. The van der Waals surface area contributed by atoms with Crippen LogP contribution in [0.15, 0.2) is 40.4 Å². The van der Waals surface area contributed by atoms with Gasteiger partial charge in [0.2, 0.25) is 0 Å². The van der Waals surface area contributed by atoms with E-state index in [-0.39, 0.29) is 17.1 Å². The molecule has 25 heavy (non-hydrogen) atoms. The molecular weight excluding hydrogens is 354 g/mol. The Morgan fingerprint density at radius 2 is 2.08 bits per heavy atom. The maximum atomic E-state index is 12.5. The molecule has 0 bridgehead atoms. The first kappa shape index (κ1) is 16.1. The number of carbonyl (C=O) groups is 1. The van der Waals surface area contributed by atoms with Crippen molar-refractivity contribution in [3.63, 3.8) is 0 Å². The summed E-state index contributed by atoms with van der Waals surface area (Å²) >= 11 is 2.76. The first-order valence-corrected chi connectivity index (χ1v) is 9.57. The minimum absolute atomic E-state index is 0.00346. The lowest BCUT2D eigenvalue weighted by molar-refractivity contribution is 0.102. The third kappa shape index (κ3) is 2.79. The van der Waals surface area contributed by atoms with E-state index in [4.69, 9.17) is 0 Å². The number of fused-ring (bicyclic) bond motifs is 2. The predicted molar refractivity (Wildman–Crippen MR) is 103 cm³/mol. The number of thiophene rings is 1. The van der Waals surface area contributed by atoms with Crippen LogP contribution < -0.4 is 5.56 Å². The zero-order valence-electron chi connectivity index (χ0n) is 13.7. The molecule has 2 N–H and O–H groups in total. The fourth-order valence-corrected chi connectivity index (χ4v) is 4.65. The molecule has 0 aliphatic rings. The number of para-hydroxylation sites is 1. The number of hydrogen-bond donors (Lipinski definition) is 2. The maximum Gasteiger partial charge on any atom is 0.260 e. The monoisotopic (exact) mass is 369 g/mol. The lowest BCUT2D eigenvalue weighted by Crippen LogP contribution is -2.10. The van der Waals surface area contributed by atoms with Crippen LogP contribution in [0.5, 0.6) is 0 Å². The summed E-state index contributed by atoms with van der Waals surface area (Å²) in [4.78, 5) is 37.0. The van der Waals surface area contributed by atoms with E-state index in [2.05, 4.69) is 15.0 Å². The van der Waals surface area contributed by atoms with E-state index in [0.29, 0.717) is 16.1 Å². The molecule has 0 amide bonds. The highest BCUT2D eigenvalue weighted by atomic mass is 32.2. The van der Waals surface area contributed by atoms with E-state index >= 15 is 0 Å². The van der Waals surface area contributed by atoms with Crippen molar-refractivity contribution in [3.05, 3.63) is 56.8 Å². The average molecular weight is 369 g/mol. The van der Waals surface area contributed by atoms with E-state index in [1.165, 1.54) is 23.1 Å². The fraction of sp³-hybridized carbons (Fsp3) is 0.167. The molecule has 0 unspecified atom stereocenters. The van der Waals surface area contributed by atoms with Crippen molar-refractivity contribution in [1.29, 1.82) is 0 Å². The van der Waals surface area contributed by atoms with Gasteiger partial charge in [0, 0.05) is 27.5 Å². The number of Topliss-reactive ketones (excluding diaryl/α,β-unsaturated/α-hetero) is 1. The Balaban J connectivity index is 1.60. The first-order valence-electron chi connectivity index (χ1n) is 7.76. The molecule has 0 spiro atoms. The topological polar surface area (TPSA) is 78.6 Å². The summed E-state index contributed by atoms with van der Waals surface area (Å²) < 4.78 is 0. The van der Waals surface area contributed by atoms with Crippen molar-refractivity contribution in [2.75, 3.05) is 5.75 Å². The van der Waals surface area contributed by atoms with E-state index in [9.17, 15) is 9.59 Å². The first-order chi connectivity index (χ1) is 12.0. The van der Waals surface area contributed by atoms with E-state index < -0.39 is 0 Å². The van der Waals surface area contributed by atoms with Gasteiger partial charge in [-0.3, -0.25) is 9.59 Å². The summed E-state index contributed by atoms with van der Waals surface area (Å²) in [6, 6.07) is 7.70. The number of carbonyl (C=O) groups excluding carboxylic acids is 1. The van der Waals surface area contributed by atoms with Crippen molar-refractivity contribution in [1.82, 2.24) is 15.0 Å². The molecular formula is C18H15N3O2S2. The summed E-state index contributed by atoms with van der Waals surface area (Å²) in [5.41, 5.74) is 2.43. The number of aromatic nitrogens is 3. The highest BCUT2D eigenvalue weighted by molar-refractivity contribution is 7.99. The van der Waals surface area contributed by atoms with Crippen molar-refractivity contribution in [2.24, 2.45) is 0 Å². The molecule has 0 aliphatic heterocycles. The van der Waals surface area contributed by atoms with Gasteiger partial charge >= 0.3 is 0 Å². The van der Waals surface area contributed by atoms with Gasteiger partial charge in [-0.25, -0.2) is 4.98 Å². The SMILES string of the molecule is Cc1sc2nc(SCC(=O)c3c[nH]c4ccccc34)[nH]c(=O)c2c1C. The molecule has 3 aromatic heterocycles. The molecule has 0 saturated carbocycles. The van der Waals surface area contributed by atoms with Crippen LogP contribution in [0, 0.1) is 13.8 Å². The zero-order chi connectivity index (χ0) is 17.6. The molecule has 7 heteroatoms. The lowest BCUT2D eigenvalue weighted by atomic mass is 10.1. The van der Waals surface area contributed by atoms with Crippen LogP contribution in [0.1, 0.15) is 20.8 Å². The van der Waals surface area contributed by atoms with E-state index in [1.807, 2.05) is 38.1 Å². The molecule has 4 rings (SSSR count). The number of benzene rings is 1. The number of aromatic amines is 2. The molecule has 3 heterocycles. The summed E-state index contributed by atoms with van der Waals surface area (Å²) in [5.74, 6) is 0.225. The van der Waals surface area contributed by atoms with Crippen LogP contribution in [0.25, 0.3) is 21.1 Å². The van der Waals surface area contributed by atoms with E-state index in [1.54, 1.807) is 6.20 Å². The number of ketones is 1. The molecule has 0 radical (unpaired) electrons. The van der Waals surface area contributed by atoms with Crippen molar-refractivity contribution in [2.45, 2.75) is 19.0 Å². The summed E-state index contributed by atoms with van der Waals surface area (Å²) in [5, 5.41) is 2.04. The quantitative estimate of drug-likeness (QED) is 0.323. The van der Waals surface area contributed by atoms with Gasteiger partial charge in [0.05, 0.1) is 11.1 Å². The van der Waals surface area contributed by atoms with Gasteiger partial charge in [0.25, 0.3) is 5.56 Å². The molecule has 0 fully saturated rings. The standard InChI is InChI=1S/C18H15N3O2S2/c1-9-10(2)25-17-15(9)16(23)20-18(21-17)24-8-14(22)12-7-19-13-6-4-3-5-11(12)13/h3-7,19H,8H2,1-2H3,(H,20,21,23). The van der Waals surface area contributed by atoms with Gasteiger partial charge < -0.3 is 9.97 Å². The molecule has 5 nitrogen and oxygen atoms in total. The maximum absolute atomic E-state index is 12.5. The number of H-pyrrole nitrogens is 2. The van der Waals surface area contributed by atoms with Crippen LogP contribution in [-0.2, 0) is 0 Å². The fourth-order valence-electron chi connectivity index (χ4n) is 2.82. The molecule has 1 aromatic carbocycles. The molecule has 0 saturated heterocycles. The van der Waals surface area contributed by atoms with Gasteiger partial charge in [0.1, 0.15) is 4.83 Å². The van der Waals surface area contributed by atoms with Crippen LogP contribution in [0.2, 0.25) is 0 Å². The smallest absolute Gasteiger partial charge is 0.260 e. The Morgan fingerprint density at radius 1 is 1.28 bits per heavy atom. The molecule has 0 atom stereocenters. The van der Waals surface area contributed by atoms with Crippen molar-refractivity contribution < 1.29 is 4.79 Å². The Labute approximate surface area is 151 Å². The third-order valence-corrected chi connectivity index (χ3v) is 6.22. The highest BCUT2D eigenvalue weighted by Crippen LogP contribution is 2.27. The minimum Gasteiger partial charge on any atom is -0.360 e. The number of thioether (sulfide) groups is 1. The van der Waals surface area contributed by atoms with Crippen molar-refractivity contribution >= 4 is 50.0 Å². The summed E-state index contributed by atoms with van der Waals surface area (Å²) in [6.07, 6.45) is 1.74. The number of aryl methyl sites for hydroxylation is 2. The number of rotatable bonds is 4. The van der Waals surface area contributed by atoms with Gasteiger partial charge in [-0.05, 0) is 25.5 Å². The largest absolute Gasteiger partial charge is 0.360 e. The second-order valence-corrected chi connectivity index (χ2v) is 7.96. The van der Waals surface area contributed by atoms with E-state index in [0.717, 1.165) is 26.2 Å². The Bertz CT molecular complexity index is 1170. The minimum atomic E-state index is -0.145. The highest BCUT2D eigenvalue weighted by Gasteiger charge is 2.15. The van der Waals surface area contributed by atoms with Gasteiger partial charge in [-0.15, -0.1) is 11.3 Å². The van der Waals surface area contributed by atoms with Crippen molar-refractivity contribution in [3.8, 4) is 0 Å². The van der Waals surface area contributed by atoms with Crippen LogP contribution in [0.3, 0.4) is 0 Å². The van der Waals surface area contributed by atoms with Crippen LogP contribution >= 0.6 is 23.1 Å². The Kier molecular flexibility index (Phi) is 3.97. The van der Waals surface area contributed by atoms with Gasteiger partial charge in [0.15, 0.2) is 10.9 Å². The predicted octanol–water partition coefficient (Wildman–Crippen LogP) is 4.06. The molecule has 126 valence electrons. The lowest BCUT2D eigenvalue weighted by Gasteiger charge is -2.01.